The fourth-order valence-electron chi connectivity index (χ4n) is 3.21. The lowest BCUT2D eigenvalue weighted by Crippen LogP contribution is -2.29. The molecule has 0 saturated carbocycles. The molecule has 1 fully saturated rings. The fraction of sp³-hybridized carbons (Fsp3) is 0.190. The van der Waals surface area contributed by atoms with E-state index in [-0.39, 0.29) is 11.3 Å². The molecule has 148 valence electrons. The maximum atomic E-state index is 13.0. The Kier molecular flexibility index (Phi) is 4.97. The molecule has 6 nitrogen and oxygen atoms in total. The van der Waals surface area contributed by atoms with Gasteiger partial charge < -0.3 is 9.84 Å². The van der Waals surface area contributed by atoms with Gasteiger partial charge in [-0.3, -0.25) is 14.5 Å². The molecule has 1 amide bonds. The van der Waals surface area contributed by atoms with Crippen molar-refractivity contribution in [1.29, 1.82) is 0 Å². The van der Waals surface area contributed by atoms with Crippen molar-refractivity contribution in [3.05, 3.63) is 68.4 Å². The minimum atomic E-state index is -0.720. The molecule has 1 saturated heterocycles. The van der Waals surface area contributed by atoms with E-state index in [1.807, 2.05) is 31.4 Å². The number of benzene rings is 1. The van der Waals surface area contributed by atoms with Crippen LogP contribution >= 0.6 is 22.7 Å². The number of nitrogens with zero attached hydrogens (tertiary/aromatic N) is 2. The molecule has 4 rings (SSSR count). The number of amides is 1. The van der Waals surface area contributed by atoms with E-state index in [4.69, 9.17) is 4.74 Å². The second-order valence-electron chi connectivity index (χ2n) is 6.55. The SMILES string of the molecule is COc1ccc(/C(O)=C2/C(=O)C(=O)N(c3nc(C)c(C)s3)C2c2cccs2)cc1. The molecule has 1 unspecified atom stereocenters. The Hall–Kier alpha value is -2.97. The number of hydrogen-bond acceptors (Lipinski definition) is 7. The maximum absolute atomic E-state index is 13.0. The largest absolute Gasteiger partial charge is 0.507 e. The lowest BCUT2D eigenvalue weighted by molar-refractivity contribution is -0.132. The zero-order valence-electron chi connectivity index (χ0n) is 16.0. The molecular formula is C21H18N2O4S2. The molecule has 3 heterocycles. The summed E-state index contributed by atoms with van der Waals surface area (Å²) >= 11 is 2.78. The summed E-state index contributed by atoms with van der Waals surface area (Å²) in [5.41, 5.74) is 1.32. The zero-order valence-corrected chi connectivity index (χ0v) is 17.6. The van der Waals surface area contributed by atoms with E-state index in [1.54, 1.807) is 31.4 Å². The number of aromatic nitrogens is 1. The molecule has 1 aliphatic heterocycles. The first-order valence-corrected chi connectivity index (χ1v) is 10.5. The minimum absolute atomic E-state index is 0.0631. The molecule has 1 N–H and O–H groups in total. The van der Waals surface area contributed by atoms with Crippen LogP contribution in [0.15, 0.2) is 47.4 Å². The smallest absolute Gasteiger partial charge is 0.301 e. The van der Waals surface area contributed by atoms with Gasteiger partial charge in [0.05, 0.1) is 18.4 Å². The summed E-state index contributed by atoms with van der Waals surface area (Å²) in [7, 11) is 1.55. The summed E-state index contributed by atoms with van der Waals surface area (Å²) in [6.45, 7) is 3.79. The van der Waals surface area contributed by atoms with Gasteiger partial charge >= 0.3 is 5.91 Å². The van der Waals surface area contributed by atoms with Crippen molar-refractivity contribution in [3.8, 4) is 5.75 Å². The molecule has 1 aromatic carbocycles. The molecule has 8 heteroatoms. The quantitative estimate of drug-likeness (QED) is 0.379. The standard InChI is InChI=1S/C21H18N2O4S2/c1-11-12(2)29-21(22-11)23-17(15-5-4-10-28-15)16(19(25)20(23)26)18(24)13-6-8-14(27-3)9-7-13/h4-10,17,24H,1-3H3/b18-16-. The van der Waals surface area contributed by atoms with Gasteiger partial charge in [0.1, 0.15) is 17.6 Å². The molecule has 1 atom stereocenters. The molecule has 0 spiro atoms. The predicted molar refractivity (Wildman–Crippen MR) is 114 cm³/mol. The van der Waals surface area contributed by atoms with E-state index in [9.17, 15) is 14.7 Å². The number of hydrogen-bond donors (Lipinski definition) is 1. The zero-order chi connectivity index (χ0) is 20.7. The van der Waals surface area contributed by atoms with Gasteiger partial charge in [0.15, 0.2) is 5.13 Å². The first-order chi connectivity index (χ1) is 13.9. The average Bonchev–Trinajstić information content (AvgIpc) is 3.42. The Balaban J connectivity index is 1.89. The summed E-state index contributed by atoms with van der Waals surface area (Å²) in [6, 6.07) is 9.68. The van der Waals surface area contributed by atoms with Crippen molar-refractivity contribution < 1.29 is 19.4 Å². The van der Waals surface area contributed by atoms with Crippen LogP contribution in [0.1, 0.15) is 27.1 Å². The molecule has 29 heavy (non-hydrogen) atoms. The van der Waals surface area contributed by atoms with Crippen LogP contribution in [-0.4, -0.2) is 28.9 Å². The monoisotopic (exact) mass is 426 g/mol. The third-order valence-corrected chi connectivity index (χ3v) is 6.84. The van der Waals surface area contributed by atoms with Crippen LogP contribution in [0.2, 0.25) is 0 Å². The fourth-order valence-corrected chi connectivity index (χ4v) is 4.97. The Labute approximate surface area is 175 Å². The number of aryl methyl sites for hydroxylation is 2. The molecular weight excluding hydrogens is 408 g/mol. The van der Waals surface area contributed by atoms with Crippen LogP contribution in [0.25, 0.3) is 5.76 Å². The second kappa shape index (κ2) is 7.46. The number of rotatable bonds is 4. The van der Waals surface area contributed by atoms with Crippen molar-refractivity contribution in [1.82, 2.24) is 4.98 Å². The number of anilines is 1. The minimum Gasteiger partial charge on any atom is -0.507 e. The number of thiazole rings is 1. The summed E-state index contributed by atoms with van der Waals surface area (Å²) < 4.78 is 5.15. The number of carbonyl (C=O) groups is 2. The Morgan fingerprint density at radius 3 is 2.45 bits per heavy atom. The van der Waals surface area contributed by atoms with Gasteiger partial charge in [-0.1, -0.05) is 6.07 Å². The maximum Gasteiger partial charge on any atom is 0.301 e. The Morgan fingerprint density at radius 1 is 1.17 bits per heavy atom. The molecule has 2 aromatic heterocycles. The van der Waals surface area contributed by atoms with Crippen LogP contribution in [0.3, 0.4) is 0 Å². The van der Waals surface area contributed by atoms with Gasteiger partial charge in [0.25, 0.3) is 5.78 Å². The molecule has 1 aliphatic rings. The summed E-state index contributed by atoms with van der Waals surface area (Å²) in [5, 5.41) is 13.3. The Morgan fingerprint density at radius 2 is 1.90 bits per heavy atom. The highest BCUT2D eigenvalue weighted by molar-refractivity contribution is 7.16. The lowest BCUT2D eigenvalue weighted by atomic mass is 10.00. The first kappa shape index (κ1) is 19.4. The lowest BCUT2D eigenvalue weighted by Gasteiger charge is -2.21. The number of Topliss-reactive ketones (excluding diaryl/α,β-unsaturated/α-hetero) is 1. The number of ketones is 1. The van der Waals surface area contributed by atoms with Gasteiger partial charge in [0.2, 0.25) is 0 Å². The number of carbonyl (C=O) groups excluding carboxylic acids is 2. The average molecular weight is 427 g/mol. The van der Waals surface area contributed by atoms with E-state index >= 15 is 0 Å². The van der Waals surface area contributed by atoms with Gasteiger partial charge in [-0.25, -0.2) is 4.98 Å². The third-order valence-electron chi connectivity index (χ3n) is 4.84. The normalized spacial score (nSPS) is 18.4. The highest BCUT2D eigenvalue weighted by atomic mass is 32.1. The van der Waals surface area contributed by atoms with E-state index in [0.29, 0.717) is 16.4 Å². The van der Waals surface area contributed by atoms with Gasteiger partial charge in [0, 0.05) is 15.3 Å². The van der Waals surface area contributed by atoms with E-state index in [1.165, 1.54) is 27.6 Å². The third kappa shape index (κ3) is 3.24. The number of methoxy groups -OCH3 is 1. The van der Waals surface area contributed by atoms with Gasteiger partial charge in [-0.15, -0.1) is 22.7 Å². The van der Waals surface area contributed by atoms with Gasteiger partial charge in [-0.2, -0.15) is 0 Å². The summed E-state index contributed by atoms with van der Waals surface area (Å²) in [4.78, 5) is 33.6. The highest BCUT2D eigenvalue weighted by Gasteiger charge is 2.48. The highest BCUT2D eigenvalue weighted by Crippen LogP contribution is 2.44. The summed E-state index contributed by atoms with van der Waals surface area (Å²) in [6.07, 6.45) is 0. The van der Waals surface area contributed by atoms with Crippen LogP contribution < -0.4 is 9.64 Å². The van der Waals surface area contributed by atoms with Crippen molar-refractivity contribution >= 4 is 45.3 Å². The number of aliphatic hydroxyl groups is 1. The molecule has 3 aromatic rings. The van der Waals surface area contributed by atoms with E-state index < -0.39 is 17.7 Å². The number of aliphatic hydroxyl groups excluding tert-OH is 1. The van der Waals surface area contributed by atoms with Crippen molar-refractivity contribution in [3.63, 3.8) is 0 Å². The Bertz CT molecular complexity index is 1090. The number of ether oxygens (including phenoxy) is 1. The molecule has 0 aliphatic carbocycles. The first-order valence-electron chi connectivity index (χ1n) is 8.85. The second-order valence-corrected chi connectivity index (χ2v) is 8.71. The van der Waals surface area contributed by atoms with E-state index in [0.717, 1.165) is 15.4 Å². The number of thiophene rings is 1. The van der Waals surface area contributed by atoms with Crippen LogP contribution in [0.4, 0.5) is 5.13 Å². The van der Waals surface area contributed by atoms with Gasteiger partial charge in [-0.05, 0) is 49.6 Å². The van der Waals surface area contributed by atoms with Crippen LogP contribution in [-0.2, 0) is 9.59 Å². The van der Waals surface area contributed by atoms with Crippen molar-refractivity contribution in [2.24, 2.45) is 0 Å². The van der Waals surface area contributed by atoms with Crippen LogP contribution in [0, 0.1) is 13.8 Å². The topological polar surface area (TPSA) is 79.7 Å². The van der Waals surface area contributed by atoms with Crippen LogP contribution in [0.5, 0.6) is 5.75 Å². The summed E-state index contributed by atoms with van der Waals surface area (Å²) in [5.74, 6) is -0.989. The molecule has 0 bridgehead atoms. The van der Waals surface area contributed by atoms with E-state index in [2.05, 4.69) is 4.98 Å². The van der Waals surface area contributed by atoms with Crippen molar-refractivity contribution in [2.45, 2.75) is 19.9 Å². The predicted octanol–water partition coefficient (Wildman–Crippen LogP) is 4.46. The molecule has 0 radical (unpaired) electrons. The van der Waals surface area contributed by atoms with Crippen molar-refractivity contribution in [2.75, 3.05) is 12.0 Å².